The molecule has 0 saturated carbocycles. The lowest BCUT2D eigenvalue weighted by molar-refractivity contribution is -0.113. The van der Waals surface area contributed by atoms with Gasteiger partial charge < -0.3 is 9.47 Å². The van der Waals surface area contributed by atoms with Crippen LogP contribution in [-0.2, 0) is 4.79 Å². The fraction of sp³-hybridized carbons (Fsp3) is 0.143. The number of para-hydroxylation sites is 1. The molecule has 29 heavy (non-hydrogen) atoms. The number of benzene rings is 2. The van der Waals surface area contributed by atoms with Gasteiger partial charge in [0.15, 0.2) is 15.8 Å². The van der Waals surface area contributed by atoms with Gasteiger partial charge in [0.2, 0.25) is 0 Å². The molecule has 0 unspecified atom stereocenters. The molecule has 3 rings (SSSR count). The maximum atomic E-state index is 14.1. The van der Waals surface area contributed by atoms with E-state index in [1.54, 1.807) is 30.3 Å². The molecule has 0 aromatic heterocycles. The van der Waals surface area contributed by atoms with E-state index in [1.165, 1.54) is 17.0 Å². The Balaban J connectivity index is 1.96. The molecule has 1 heterocycles. The van der Waals surface area contributed by atoms with Gasteiger partial charge in [-0.05, 0) is 58.8 Å². The van der Waals surface area contributed by atoms with Crippen molar-refractivity contribution in [3.8, 4) is 23.8 Å². The quantitative estimate of drug-likeness (QED) is 0.307. The largest absolute Gasteiger partial charge is 0.490 e. The lowest BCUT2D eigenvalue weighted by atomic mass is 10.1. The fourth-order valence-corrected chi connectivity index (χ4v) is 4.51. The number of carbonyl (C=O) groups excluding carboxylic acids is 1. The Morgan fingerprint density at radius 2 is 2.10 bits per heavy atom. The van der Waals surface area contributed by atoms with Crippen molar-refractivity contribution in [2.24, 2.45) is 0 Å². The van der Waals surface area contributed by atoms with E-state index in [4.69, 9.17) is 28.1 Å². The lowest BCUT2D eigenvalue weighted by Crippen LogP contribution is -2.28. The van der Waals surface area contributed by atoms with Crippen LogP contribution in [0.4, 0.5) is 10.1 Å². The third-order valence-electron chi connectivity index (χ3n) is 3.82. The minimum Gasteiger partial charge on any atom is -0.490 e. The number of hydrogen-bond donors (Lipinski definition) is 0. The summed E-state index contributed by atoms with van der Waals surface area (Å²) in [4.78, 5) is 14.4. The third-order valence-corrected chi connectivity index (χ3v) is 5.71. The van der Waals surface area contributed by atoms with Gasteiger partial charge in [0.05, 0.1) is 21.7 Å². The molecule has 0 spiro atoms. The number of halogens is 2. The second-order valence-corrected chi connectivity index (χ2v) is 8.25. The maximum absolute atomic E-state index is 14.1. The van der Waals surface area contributed by atoms with Crippen LogP contribution in [0.15, 0.2) is 45.8 Å². The topological polar surface area (TPSA) is 38.8 Å². The summed E-state index contributed by atoms with van der Waals surface area (Å²) >= 11 is 9.87. The first kappa shape index (κ1) is 21.4. The van der Waals surface area contributed by atoms with Crippen molar-refractivity contribution in [2.45, 2.75) is 6.92 Å². The van der Waals surface area contributed by atoms with E-state index >= 15 is 0 Å². The molecule has 4 nitrogen and oxygen atoms in total. The zero-order valence-electron chi connectivity index (χ0n) is 15.3. The SMILES string of the molecule is C#CCOc1c(Br)cc(/C=C2/SC(=S)N(c3ccccc3F)C2=O)cc1OCC. The molecule has 1 saturated heterocycles. The zero-order chi connectivity index (χ0) is 21.0. The number of anilines is 1. The van der Waals surface area contributed by atoms with Crippen molar-refractivity contribution in [3.63, 3.8) is 0 Å². The van der Waals surface area contributed by atoms with Crippen LogP contribution in [-0.4, -0.2) is 23.4 Å². The first-order valence-corrected chi connectivity index (χ1v) is 10.5. The van der Waals surface area contributed by atoms with Crippen LogP contribution in [0.1, 0.15) is 12.5 Å². The van der Waals surface area contributed by atoms with Gasteiger partial charge >= 0.3 is 0 Å². The Hall–Kier alpha value is -2.34. The fourth-order valence-electron chi connectivity index (χ4n) is 2.65. The van der Waals surface area contributed by atoms with Gasteiger partial charge in [0.1, 0.15) is 12.4 Å². The third kappa shape index (κ3) is 4.64. The highest BCUT2D eigenvalue weighted by Crippen LogP contribution is 2.40. The van der Waals surface area contributed by atoms with Gasteiger partial charge in [-0.3, -0.25) is 9.69 Å². The number of amides is 1. The van der Waals surface area contributed by atoms with E-state index in [0.29, 0.717) is 33.0 Å². The molecule has 0 bridgehead atoms. The molecule has 2 aromatic rings. The van der Waals surface area contributed by atoms with Crippen molar-refractivity contribution in [2.75, 3.05) is 18.1 Å². The first-order valence-electron chi connectivity index (χ1n) is 8.51. The summed E-state index contributed by atoms with van der Waals surface area (Å²) in [7, 11) is 0. The lowest BCUT2D eigenvalue weighted by Gasteiger charge is -2.15. The monoisotopic (exact) mass is 491 g/mol. The van der Waals surface area contributed by atoms with Crippen LogP contribution in [0.25, 0.3) is 6.08 Å². The Morgan fingerprint density at radius 3 is 2.79 bits per heavy atom. The highest BCUT2D eigenvalue weighted by Gasteiger charge is 2.34. The van der Waals surface area contributed by atoms with Crippen molar-refractivity contribution in [3.05, 3.63) is 57.2 Å². The smallest absolute Gasteiger partial charge is 0.270 e. The van der Waals surface area contributed by atoms with Gasteiger partial charge in [-0.1, -0.05) is 42.0 Å². The number of ether oxygens (including phenoxy) is 2. The highest BCUT2D eigenvalue weighted by atomic mass is 79.9. The van der Waals surface area contributed by atoms with E-state index in [-0.39, 0.29) is 22.5 Å². The number of thiocarbonyl (C=S) groups is 1. The van der Waals surface area contributed by atoms with Crippen LogP contribution in [0.5, 0.6) is 11.5 Å². The van der Waals surface area contributed by atoms with Crippen molar-refractivity contribution >= 4 is 61.9 Å². The summed E-state index contributed by atoms with van der Waals surface area (Å²) in [5.41, 5.74) is 0.829. The second kappa shape index (κ2) is 9.44. The number of hydrogen-bond acceptors (Lipinski definition) is 5. The molecule has 0 aliphatic carbocycles. The summed E-state index contributed by atoms with van der Waals surface area (Å²) in [6.45, 7) is 2.38. The Kier molecular flexibility index (Phi) is 6.96. The van der Waals surface area contributed by atoms with Crippen LogP contribution >= 0.6 is 39.9 Å². The number of carbonyl (C=O) groups is 1. The molecule has 1 amide bonds. The predicted octanol–water partition coefficient (Wildman–Crippen LogP) is 5.40. The van der Waals surface area contributed by atoms with E-state index in [2.05, 4.69) is 21.9 Å². The van der Waals surface area contributed by atoms with Crippen LogP contribution in [0, 0.1) is 18.2 Å². The molecule has 1 aliphatic heterocycles. The Labute approximate surface area is 186 Å². The van der Waals surface area contributed by atoms with E-state index in [0.717, 1.165) is 11.8 Å². The zero-order valence-corrected chi connectivity index (χ0v) is 18.5. The van der Waals surface area contributed by atoms with Crippen LogP contribution in [0.3, 0.4) is 0 Å². The molecule has 0 radical (unpaired) electrons. The van der Waals surface area contributed by atoms with Gasteiger partial charge in [-0.15, -0.1) is 6.42 Å². The predicted molar refractivity (Wildman–Crippen MR) is 122 cm³/mol. The summed E-state index contributed by atoms with van der Waals surface area (Å²) in [6.07, 6.45) is 6.94. The molecule has 1 aliphatic rings. The standard InChI is InChI=1S/C21H15BrFNO3S2/c1-3-9-27-19-14(22)10-13(11-17(19)26-4-2)12-18-20(25)24(21(28)29-18)16-8-6-5-7-15(16)23/h1,5-8,10-12H,4,9H2,2H3/b18-12+. The van der Waals surface area contributed by atoms with E-state index in [9.17, 15) is 9.18 Å². The van der Waals surface area contributed by atoms with Crippen molar-refractivity contribution in [1.82, 2.24) is 0 Å². The van der Waals surface area contributed by atoms with E-state index in [1.807, 2.05) is 6.92 Å². The minimum atomic E-state index is -0.513. The minimum absolute atomic E-state index is 0.0965. The summed E-state index contributed by atoms with van der Waals surface area (Å²) in [5.74, 6) is 2.50. The maximum Gasteiger partial charge on any atom is 0.270 e. The summed E-state index contributed by atoms with van der Waals surface area (Å²) in [5, 5.41) is 0. The Bertz CT molecular complexity index is 1050. The molecule has 8 heteroatoms. The molecule has 0 N–H and O–H groups in total. The molecule has 0 atom stereocenters. The van der Waals surface area contributed by atoms with Crippen LogP contribution in [0.2, 0.25) is 0 Å². The number of nitrogens with zero attached hydrogens (tertiary/aromatic N) is 1. The molecule has 2 aromatic carbocycles. The van der Waals surface area contributed by atoms with Gasteiger partial charge in [0.25, 0.3) is 5.91 Å². The average Bonchev–Trinajstić information content (AvgIpc) is 2.95. The highest BCUT2D eigenvalue weighted by molar-refractivity contribution is 9.10. The van der Waals surface area contributed by atoms with Crippen molar-refractivity contribution in [1.29, 1.82) is 0 Å². The van der Waals surface area contributed by atoms with Crippen LogP contribution < -0.4 is 14.4 Å². The molecule has 1 fully saturated rings. The number of terminal acetylenes is 1. The van der Waals surface area contributed by atoms with Crippen molar-refractivity contribution < 1.29 is 18.7 Å². The van der Waals surface area contributed by atoms with Gasteiger partial charge in [-0.25, -0.2) is 4.39 Å². The van der Waals surface area contributed by atoms with Gasteiger partial charge in [-0.2, -0.15) is 0 Å². The van der Waals surface area contributed by atoms with E-state index < -0.39 is 5.82 Å². The average molecular weight is 492 g/mol. The summed E-state index contributed by atoms with van der Waals surface area (Å²) in [6, 6.07) is 9.55. The normalized spacial score (nSPS) is 15.0. The molecule has 148 valence electrons. The molecular formula is C21H15BrFNO3S2. The number of rotatable bonds is 6. The second-order valence-electron chi connectivity index (χ2n) is 5.72. The number of thioether (sulfide) groups is 1. The summed E-state index contributed by atoms with van der Waals surface area (Å²) < 4.78 is 26.2. The Morgan fingerprint density at radius 1 is 1.34 bits per heavy atom. The molecular weight excluding hydrogens is 477 g/mol. The first-order chi connectivity index (χ1) is 14.0. The van der Waals surface area contributed by atoms with Gasteiger partial charge in [0, 0.05) is 0 Å².